The third-order valence-electron chi connectivity index (χ3n) is 14.5. The first kappa shape index (κ1) is 25.3. The van der Waals surface area contributed by atoms with Gasteiger partial charge in [-0.05, 0) is 134 Å². The summed E-state index contributed by atoms with van der Waals surface area (Å²) in [6.07, 6.45) is 19.1. The number of Topliss-reactive ketones (excluding diaryl/α,β-unsaturated/α-hetero) is 1. The monoisotopic (exact) mass is 468 g/mol. The van der Waals surface area contributed by atoms with Gasteiger partial charge in [-0.1, -0.05) is 61.3 Å². The number of carbonyl (C=O) groups excluding carboxylic acids is 1. The van der Waals surface area contributed by atoms with Gasteiger partial charge in [0.15, 0.2) is 0 Å². The van der Waals surface area contributed by atoms with E-state index in [1.54, 1.807) is 0 Å². The molecule has 5 saturated carbocycles. The maximum atomic E-state index is 12.3. The van der Waals surface area contributed by atoms with Crippen molar-refractivity contribution in [1.29, 1.82) is 0 Å². The lowest BCUT2D eigenvalue weighted by Gasteiger charge is -2.73. The molecule has 0 aromatic carbocycles. The summed E-state index contributed by atoms with van der Waals surface area (Å²) in [6, 6.07) is 0. The molecule has 5 fully saturated rings. The van der Waals surface area contributed by atoms with Crippen molar-refractivity contribution in [3.8, 4) is 0 Å². The molecule has 0 saturated heterocycles. The fraction of sp³-hybridized carbons (Fsp3) is 0.970. The van der Waals surface area contributed by atoms with Gasteiger partial charge in [-0.3, -0.25) is 0 Å². The maximum Gasteiger partial charge on any atom is 0.130 e. The second kappa shape index (κ2) is 7.84. The van der Waals surface area contributed by atoms with Crippen LogP contribution >= 0.6 is 0 Å². The Bertz CT molecular complexity index is 826. The highest BCUT2D eigenvalue weighted by Crippen LogP contribution is 2.77. The molecule has 0 radical (unpaired) electrons. The maximum absolute atomic E-state index is 12.3. The summed E-state index contributed by atoms with van der Waals surface area (Å²) in [5, 5.41) is 0. The van der Waals surface area contributed by atoms with Crippen LogP contribution in [0.3, 0.4) is 0 Å². The predicted octanol–water partition coefficient (Wildman–Crippen LogP) is 9.63. The third-order valence-corrected chi connectivity index (χ3v) is 14.5. The first-order valence-electron chi connectivity index (χ1n) is 15.2. The predicted molar refractivity (Wildman–Crippen MR) is 144 cm³/mol. The van der Waals surface area contributed by atoms with Gasteiger partial charge in [-0.15, -0.1) is 0 Å². The van der Waals surface area contributed by atoms with Crippen molar-refractivity contribution in [3.05, 3.63) is 0 Å². The van der Waals surface area contributed by atoms with Gasteiger partial charge in [0.1, 0.15) is 5.78 Å². The molecule has 5 rings (SSSR count). The van der Waals surface area contributed by atoms with E-state index in [0.29, 0.717) is 32.9 Å². The highest BCUT2D eigenvalue weighted by Gasteiger charge is 2.69. The molecule has 0 amide bonds. The molecular weight excluding hydrogens is 412 g/mol. The van der Waals surface area contributed by atoms with Crippen LogP contribution in [-0.4, -0.2) is 5.78 Å². The van der Waals surface area contributed by atoms with Crippen molar-refractivity contribution < 1.29 is 4.79 Å². The Morgan fingerprint density at radius 3 is 2.12 bits per heavy atom. The minimum absolute atomic E-state index is 0.281. The van der Waals surface area contributed by atoms with Gasteiger partial charge in [0.05, 0.1) is 0 Å². The summed E-state index contributed by atoms with van der Waals surface area (Å²) in [5.41, 5.74) is 2.82. The smallest absolute Gasteiger partial charge is 0.130 e. The van der Waals surface area contributed by atoms with E-state index in [1.807, 2.05) is 6.92 Å². The molecule has 0 aromatic rings. The van der Waals surface area contributed by atoms with Crippen molar-refractivity contribution in [2.45, 2.75) is 145 Å². The Labute approximate surface area is 212 Å². The molecule has 0 unspecified atom stereocenters. The molecule has 34 heavy (non-hydrogen) atoms. The zero-order chi connectivity index (χ0) is 24.8. The molecule has 1 nitrogen and oxygen atoms in total. The standard InChI is InChI=1S/C33H56O/c1-9-33(21-23(2)34)20-18-29(5)17-19-31(7)24(25(29)22-33)11-12-27-30(6)15-10-14-28(3,4)26(30)13-16-32(27,31)8/h24-27H,9-22H2,1-8H3/t24-,25+,26+,27-,29+,30+,31-,32-,33-/m1/s1. The molecule has 0 N–H and O–H groups in total. The number of hydrogen-bond donors (Lipinski definition) is 0. The second-order valence-electron chi connectivity index (χ2n) is 16.2. The molecule has 0 bridgehead atoms. The van der Waals surface area contributed by atoms with E-state index in [4.69, 9.17) is 0 Å². The van der Waals surface area contributed by atoms with Gasteiger partial charge >= 0.3 is 0 Å². The zero-order valence-electron chi connectivity index (χ0n) is 24.1. The van der Waals surface area contributed by atoms with Crippen LogP contribution < -0.4 is 0 Å². The molecule has 9 atom stereocenters. The molecule has 1 heteroatoms. The van der Waals surface area contributed by atoms with Crippen LogP contribution in [0.5, 0.6) is 0 Å². The van der Waals surface area contributed by atoms with E-state index in [1.165, 1.54) is 83.5 Å². The number of fused-ring (bicyclic) bond motifs is 7. The highest BCUT2D eigenvalue weighted by atomic mass is 16.1. The highest BCUT2D eigenvalue weighted by molar-refractivity contribution is 5.76. The van der Waals surface area contributed by atoms with E-state index in [2.05, 4.69) is 48.5 Å². The second-order valence-corrected chi connectivity index (χ2v) is 16.2. The van der Waals surface area contributed by atoms with Gasteiger partial charge in [0, 0.05) is 6.42 Å². The summed E-state index contributed by atoms with van der Waals surface area (Å²) >= 11 is 0. The average molecular weight is 469 g/mol. The molecular formula is C33H56O. The van der Waals surface area contributed by atoms with Gasteiger partial charge in [0.25, 0.3) is 0 Å². The van der Waals surface area contributed by atoms with Crippen molar-refractivity contribution in [3.63, 3.8) is 0 Å². The van der Waals surface area contributed by atoms with Gasteiger partial charge in [-0.2, -0.15) is 0 Å². The van der Waals surface area contributed by atoms with E-state index in [0.717, 1.165) is 30.1 Å². The fourth-order valence-corrected chi connectivity index (χ4v) is 12.4. The van der Waals surface area contributed by atoms with Crippen LogP contribution in [0.2, 0.25) is 0 Å². The summed E-state index contributed by atoms with van der Waals surface area (Å²) in [4.78, 5) is 12.3. The van der Waals surface area contributed by atoms with Crippen LogP contribution in [0.25, 0.3) is 0 Å². The Hall–Kier alpha value is -0.330. The minimum Gasteiger partial charge on any atom is -0.300 e. The largest absolute Gasteiger partial charge is 0.300 e. The van der Waals surface area contributed by atoms with Crippen LogP contribution in [0.15, 0.2) is 0 Å². The number of ketones is 1. The number of rotatable bonds is 3. The summed E-state index contributed by atoms with van der Waals surface area (Å²) in [7, 11) is 0. The quantitative estimate of drug-likeness (QED) is 0.403. The summed E-state index contributed by atoms with van der Waals surface area (Å²) in [6.45, 7) is 20.4. The molecule has 194 valence electrons. The van der Waals surface area contributed by atoms with E-state index in [9.17, 15) is 4.79 Å². The summed E-state index contributed by atoms with van der Waals surface area (Å²) in [5.74, 6) is 3.93. The molecule has 0 spiro atoms. The fourth-order valence-electron chi connectivity index (χ4n) is 12.4. The zero-order valence-corrected chi connectivity index (χ0v) is 24.1. The normalized spacial score (nSPS) is 54.2. The third kappa shape index (κ3) is 3.32. The molecule has 0 aromatic heterocycles. The number of carbonyl (C=O) groups is 1. The number of hydrogen-bond acceptors (Lipinski definition) is 1. The van der Waals surface area contributed by atoms with Crippen LogP contribution in [0.4, 0.5) is 0 Å². The lowest BCUT2D eigenvalue weighted by atomic mass is 9.31. The van der Waals surface area contributed by atoms with Crippen molar-refractivity contribution in [2.75, 3.05) is 0 Å². The van der Waals surface area contributed by atoms with Crippen LogP contribution in [0, 0.1) is 56.2 Å². The Morgan fingerprint density at radius 2 is 1.44 bits per heavy atom. The van der Waals surface area contributed by atoms with Crippen molar-refractivity contribution in [1.82, 2.24) is 0 Å². The molecule has 0 heterocycles. The molecule has 5 aliphatic rings. The Kier molecular flexibility index (Phi) is 5.84. The first-order chi connectivity index (χ1) is 15.8. The topological polar surface area (TPSA) is 17.1 Å². The Balaban J connectivity index is 1.50. The summed E-state index contributed by atoms with van der Waals surface area (Å²) < 4.78 is 0. The van der Waals surface area contributed by atoms with Gasteiger partial charge in [-0.25, -0.2) is 0 Å². The van der Waals surface area contributed by atoms with Crippen LogP contribution in [0.1, 0.15) is 145 Å². The van der Waals surface area contributed by atoms with Gasteiger partial charge < -0.3 is 4.79 Å². The van der Waals surface area contributed by atoms with Crippen LogP contribution in [-0.2, 0) is 4.79 Å². The lowest BCUT2D eigenvalue weighted by molar-refractivity contribution is -0.244. The van der Waals surface area contributed by atoms with Gasteiger partial charge in [0.2, 0.25) is 0 Å². The van der Waals surface area contributed by atoms with E-state index >= 15 is 0 Å². The first-order valence-corrected chi connectivity index (χ1v) is 15.2. The molecule has 5 aliphatic carbocycles. The van der Waals surface area contributed by atoms with Crippen molar-refractivity contribution >= 4 is 5.78 Å². The van der Waals surface area contributed by atoms with Crippen molar-refractivity contribution in [2.24, 2.45) is 56.2 Å². The van der Waals surface area contributed by atoms with E-state index < -0.39 is 0 Å². The minimum atomic E-state index is 0.281. The Morgan fingerprint density at radius 1 is 0.735 bits per heavy atom. The molecule has 0 aliphatic heterocycles. The van der Waals surface area contributed by atoms with E-state index in [-0.39, 0.29) is 5.41 Å². The average Bonchev–Trinajstić information content (AvgIpc) is 2.74. The SMILES string of the molecule is CC[C@]1(CC(C)=O)CC[C@]2(C)CC[C@]3(C)[C@H](CC[C@@H]4[C@@]5(C)CCCC(C)(C)[C@@H]5CC[C@]43C)[C@@H]2C1. The lowest BCUT2D eigenvalue weighted by Crippen LogP contribution is -2.66.